The summed E-state index contributed by atoms with van der Waals surface area (Å²) in [5.74, 6) is 4.75. The van der Waals surface area contributed by atoms with E-state index in [9.17, 15) is 4.79 Å². The maximum Gasteiger partial charge on any atom is 0.234 e. The molecule has 1 aliphatic heterocycles. The summed E-state index contributed by atoms with van der Waals surface area (Å²) < 4.78 is 5.55. The van der Waals surface area contributed by atoms with Gasteiger partial charge in [0.1, 0.15) is 15.7 Å². The Balaban J connectivity index is 1.09. The van der Waals surface area contributed by atoms with E-state index < -0.39 is 0 Å². The first kappa shape index (κ1) is 26.5. The number of benzene rings is 1. The van der Waals surface area contributed by atoms with Crippen molar-refractivity contribution in [1.29, 1.82) is 0 Å². The number of hydrogen-bond donors (Lipinski definition) is 1. The second-order valence-electron chi connectivity index (χ2n) is 13.5. The van der Waals surface area contributed by atoms with Crippen LogP contribution in [0.4, 0.5) is 11.4 Å². The molecule has 4 bridgehead atoms. The van der Waals surface area contributed by atoms with Crippen molar-refractivity contribution in [3.05, 3.63) is 40.5 Å². The monoisotopic (exact) mass is 588 g/mol. The fraction of sp³-hybridized carbons (Fsp3) is 0.606. The minimum atomic E-state index is 0.0246. The quantitative estimate of drug-likeness (QED) is 0.251. The van der Waals surface area contributed by atoms with Crippen LogP contribution in [-0.4, -0.2) is 47.9 Å². The van der Waals surface area contributed by atoms with Gasteiger partial charge in [-0.15, -0.1) is 11.3 Å². The molecule has 5 fully saturated rings. The van der Waals surface area contributed by atoms with Gasteiger partial charge in [-0.3, -0.25) is 4.79 Å². The van der Waals surface area contributed by atoms with E-state index >= 15 is 0 Å². The van der Waals surface area contributed by atoms with E-state index in [1.165, 1.54) is 65.6 Å². The molecular formula is C33H40N4O2S2. The normalized spacial score (nSPS) is 30.5. The van der Waals surface area contributed by atoms with Crippen LogP contribution in [0.25, 0.3) is 10.2 Å². The largest absolute Gasteiger partial charge is 0.378 e. The standard InChI is InChI=1S/C33H40N4O2S2/c1-20-6-7-24-27(12-20)41-31-29(24)30(35-32(36-31)33-16-21-13-22(17-33)15-23(14-21)18-33)40-19-28(38)34-25-4-2-3-5-26(25)37-8-10-39-11-9-37/h2-5,20-23H,6-19H2,1H3,(H,34,38)/t20-,21?,22?,23?,33?/m1/s1. The van der Waals surface area contributed by atoms with Crippen molar-refractivity contribution in [2.45, 2.75) is 75.2 Å². The predicted molar refractivity (Wildman–Crippen MR) is 167 cm³/mol. The zero-order valence-electron chi connectivity index (χ0n) is 24.0. The molecule has 1 amide bonds. The number of aryl methyl sites for hydroxylation is 1. The highest BCUT2D eigenvalue weighted by molar-refractivity contribution is 8.00. The minimum absolute atomic E-state index is 0.0246. The lowest BCUT2D eigenvalue weighted by Crippen LogP contribution is -2.49. The summed E-state index contributed by atoms with van der Waals surface area (Å²) in [4.78, 5) is 29.2. The van der Waals surface area contributed by atoms with Crippen LogP contribution < -0.4 is 10.2 Å². The Morgan fingerprint density at radius 3 is 2.59 bits per heavy atom. The Morgan fingerprint density at radius 2 is 1.83 bits per heavy atom. The molecule has 0 radical (unpaired) electrons. The first-order chi connectivity index (χ1) is 20.0. The number of carbonyl (C=O) groups excluding carboxylic acids is 1. The summed E-state index contributed by atoms with van der Waals surface area (Å²) in [6.07, 6.45) is 11.5. The molecule has 6 nitrogen and oxygen atoms in total. The summed E-state index contributed by atoms with van der Waals surface area (Å²) in [5.41, 5.74) is 3.56. The van der Waals surface area contributed by atoms with Crippen molar-refractivity contribution in [3.8, 4) is 0 Å². The fourth-order valence-corrected chi connectivity index (χ4v) is 11.3. The van der Waals surface area contributed by atoms with Gasteiger partial charge in [-0.1, -0.05) is 30.8 Å². The lowest BCUT2D eigenvalue weighted by Gasteiger charge is -2.56. The van der Waals surface area contributed by atoms with Crippen LogP contribution >= 0.6 is 23.1 Å². The number of carbonyl (C=O) groups is 1. The molecule has 1 N–H and O–H groups in total. The number of nitrogens with zero attached hydrogens (tertiary/aromatic N) is 3. The molecule has 1 saturated heterocycles. The van der Waals surface area contributed by atoms with E-state index in [0.29, 0.717) is 5.75 Å². The number of amides is 1. The molecule has 216 valence electrons. The fourth-order valence-electron chi connectivity index (χ4n) is 9.01. The average Bonchev–Trinajstić information content (AvgIpc) is 3.33. The Morgan fingerprint density at radius 1 is 1.10 bits per heavy atom. The van der Waals surface area contributed by atoms with Crippen LogP contribution in [0.1, 0.15) is 68.1 Å². The van der Waals surface area contributed by atoms with Gasteiger partial charge in [0.2, 0.25) is 5.91 Å². The number of rotatable bonds is 6. The number of anilines is 2. The number of thioether (sulfide) groups is 1. The lowest BCUT2D eigenvalue weighted by atomic mass is 9.49. The molecule has 41 heavy (non-hydrogen) atoms. The second kappa shape index (κ2) is 10.5. The van der Waals surface area contributed by atoms with Crippen molar-refractivity contribution in [2.24, 2.45) is 23.7 Å². The van der Waals surface area contributed by atoms with Crippen LogP contribution in [-0.2, 0) is 27.8 Å². The van der Waals surface area contributed by atoms with E-state index in [1.54, 1.807) is 11.8 Å². The molecule has 3 aromatic rings. The second-order valence-corrected chi connectivity index (χ2v) is 15.6. The molecule has 2 aromatic heterocycles. The summed E-state index contributed by atoms with van der Waals surface area (Å²) in [6, 6.07) is 8.15. The maximum atomic E-state index is 13.4. The van der Waals surface area contributed by atoms with E-state index in [1.807, 2.05) is 29.5 Å². The number of aromatic nitrogens is 2. The van der Waals surface area contributed by atoms with Crippen LogP contribution in [0.5, 0.6) is 0 Å². The number of para-hydroxylation sites is 2. The maximum absolute atomic E-state index is 13.4. The van der Waals surface area contributed by atoms with Crippen LogP contribution in [0.3, 0.4) is 0 Å². The van der Waals surface area contributed by atoms with E-state index in [0.717, 1.165) is 85.0 Å². The van der Waals surface area contributed by atoms with E-state index in [2.05, 4.69) is 23.2 Å². The van der Waals surface area contributed by atoms with Gasteiger partial charge in [-0.05, 0) is 99.2 Å². The summed E-state index contributed by atoms with van der Waals surface area (Å²) in [6.45, 7) is 5.50. The van der Waals surface area contributed by atoms with Gasteiger partial charge in [0.25, 0.3) is 0 Å². The third kappa shape index (κ3) is 4.88. The van der Waals surface area contributed by atoms with Gasteiger partial charge in [-0.2, -0.15) is 0 Å². The Labute approximate surface area is 251 Å². The third-order valence-corrected chi connectivity index (χ3v) is 12.6. The number of thiophene rings is 1. The number of morpholine rings is 1. The molecule has 3 heterocycles. The SMILES string of the molecule is C[C@@H]1CCc2c(sc3nc(C45CC6CC(CC(C6)C4)C5)nc(SCC(=O)Nc4ccccc4N4CCOCC4)c23)C1. The first-order valence-corrected chi connectivity index (χ1v) is 17.5. The van der Waals surface area contributed by atoms with Gasteiger partial charge < -0.3 is 15.0 Å². The molecule has 1 aromatic carbocycles. The summed E-state index contributed by atoms with van der Waals surface area (Å²) >= 11 is 3.53. The Bertz CT molecular complexity index is 1440. The number of hydrogen-bond acceptors (Lipinski definition) is 7. The third-order valence-electron chi connectivity index (χ3n) is 10.5. The predicted octanol–water partition coefficient (Wildman–Crippen LogP) is 6.85. The molecule has 8 heteroatoms. The molecule has 4 saturated carbocycles. The highest BCUT2D eigenvalue weighted by Gasteiger charge is 2.53. The molecule has 9 rings (SSSR count). The highest BCUT2D eigenvalue weighted by atomic mass is 32.2. The van der Waals surface area contributed by atoms with Crippen LogP contribution in [0, 0.1) is 23.7 Å². The zero-order valence-corrected chi connectivity index (χ0v) is 25.6. The van der Waals surface area contributed by atoms with Gasteiger partial charge in [0.05, 0.1) is 30.3 Å². The molecule has 5 aliphatic carbocycles. The van der Waals surface area contributed by atoms with E-state index in [-0.39, 0.29) is 11.3 Å². The van der Waals surface area contributed by atoms with Gasteiger partial charge in [0, 0.05) is 28.8 Å². The number of nitrogens with one attached hydrogen (secondary N) is 1. The molecule has 0 spiro atoms. The molecule has 6 aliphatic rings. The minimum Gasteiger partial charge on any atom is -0.378 e. The first-order valence-electron chi connectivity index (χ1n) is 15.7. The number of fused-ring (bicyclic) bond motifs is 3. The van der Waals surface area contributed by atoms with Crippen LogP contribution in [0.2, 0.25) is 0 Å². The van der Waals surface area contributed by atoms with Gasteiger partial charge >= 0.3 is 0 Å². The van der Waals surface area contributed by atoms with Gasteiger partial charge in [0.15, 0.2) is 0 Å². The van der Waals surface area contributed by atoms with Crippen molar-refractivity contribution in [1.82, 2.24) is 9.97 Å². The topological polar surface area (TPSA) is 67.4 Å². The molecular weight excluding hydrogens is 549 g/mol. The smallest absolute Gasteiger partial charge is 0.234 e. The number of ether oxygens (including phenoxy) is 1. The molecule has 0 unspecified atom stereocenters. The zero-order chi connectivity index (χ0) is 27.6. The van der Waals surface area contributed by atoms with Crippen molar-refractivity contribution >= 4 is 50.6 Å². The Kier molecular flexibility index (Phi) is 6.80. The summed E-state index contributed by atoms with van der Waals surface area (Å²) in [7, 11) is 0. The summed E-state index contributed by atoms with van der Waals surface area (Å²) in [5, 5.41) is 5.52. The Hall–Kier alpha value is -2.16. The highest BCUT2D eigenvalue weighted by Crippen LogP contribution is 2.60. The van der Waals surface area contributed by atoms with Gasteiger partial charge in [-0.25, -0.2) is 9.97 Å². The average molecular weight is 589 g/mol. The molecule has 1 atom stereocenters. The lowest BCUT2D eigenvalue weighted by molar-refractivity contribution is -0.113. The van der Waals surface area contributed by atoms with Crippen LogP contribution in [0.15, 0.2) is 29.3 Å². The van der Waals surface area contributed by atoms with Crippen molar-refractivity contribution < 1.29 is 9.53 Å². The van der Waals surface area contributed by atoms with Crippen molar-refractivity contribution in [2.75, 3.05) is 42.3 Å². The van der Waals surface area contributed by atoms with Crippen molar-refractivity contribution in [3.63, 3.8) is 0 Å². The van der Waals surface area contributed by atoms with E-state index in [4.69, 9.17) is 14.7 Å².